The molecule has 0 aliphatic heterocycles. The minimum Gasteiger partial charge on any atom is -0.322 e. The molecule has 0 aliphatic rings. The number of H-pyrrole nitrogens is 1. The van der Waals surface area contributed by atoms with Crippen LogP contribution in [-0.4, -0.2) is 15.5 Å². The summed E-state index contributed by atoms with van der Waals surface area (Å²) < 4.78 is 14.1. The molecule has 0 atom stereocenters. The van der Waals surface area contributed by atoms with Crippen LogP contribution in [0.25, 0.3) is 0 Å². The van der Waals surface area contributed by atoms with Gasteiger partial charge in [-0.15, -0.1) is 0 Å². The van der Waals surface area contributed by atoms with Gasteiger partial charge in [-0.05, 0) is 24.6 Å². The number of carbonyl (C=O) groups is 1. The lowest BCUT2D eigenvalue weighted by molar-refractivity contribution is 0.102. The average molecular weight is 277 g/mol. The summed E-state index contributed by atoms with van der Waals surface area (Å²) in [6, 6.07) is 4.19. The van der Waals surface area contributed by atoms with Gasteiger partial charge in [0.2, 0.25) is 0 Å². The third-order valence-electron chi connectivity index (χ3n) is 2.85. The molecule has 0 radical (unpaired) electrons. The van der Waals surface area contributed by atoms with E-state index in [0.717, 1.165) is 16.8 Å². The van der Waals surface area contributed by atoms with Crippen LogP contribution in [-0.2, 0) is 7.05 Å². The molecule has 0 saturated heterocycles. The number of hydrogen-bond donors (Lipinski definition) is 2. The second-order valence-electron chi connectivity index (χ2n) is 4.29. The number of aromatic amines is 1. The topological polar surface area (TPSA) is 84.0 Å². The number of anilines is 1. The average Bonchev–Trinajstić information content (AvgIpc) is 2.40. The Labute approximate surface area is 112 Å². The third kappa shape index (κ3) is 2.51. The highest BCUT2D eigenvalue weighted by atomic mass is 19.1. The predicted molar refractivity (Wildman–Crippen MR) is 71.4 cm³/mol. The van der Waals surface area contributed by atoms with Crippen molar-refractivity contribution in [2.75, 3.05) is 5.32 Å². The fraction of sp³-hybridized carbons (Fsp3) is 0.154. The standard InChI is InChI=1S/C13H12FN3O3/c1-7-3-4-8(5-10(7)14)16-11(18)9-6-15-13(20)17(2)12(9)19/h3-6H,1-2H3,(H,15,20)(H,16,18). The van der Waals surface area contributed by atoms with Crippen LogP contribution in [0.4, 0.5) is 10.1 Å². The number of aryl methyl sites for hydroxylation is 1. The van der Waals surface area contributed by atoms with E-state index in [2.05, 4.69) is 10.3 Å². The van der Waals surface area contributed by atoms with Gasteiger partial charge in [-0.1, -0.05) is 6.07 Å². The van der Waals surface area contributed by atoms with Gasteiger partial charge in [-0.2, -0.15) is 0 Å². The van der Waals surface area contributed by atoms with Crippen molar-refractivity contribution in [2.45, 2.75) is 6.92 Å². The Balaban J connectivity index is 2.33. The SMILES string of the molecule is Cc1ccc(NC(=O)c2c[nH]c(=O)n(C)c2=O)cc1F. The highest BCUT2D eigenvalue weighted by molar-refractivity contribution is 6.03. The summed E-state index contributed by atoms with van der Waals surface area (Å²) in [5, 5.41) is 2.40. The van der Waals surface area contributed by atoms with Gasteiger partial charge in [0.25, 0.3) is 11.5 Å². The minimum absolute atomic E-state index is 0.228. The Morgan fingerprint density at radius 1 is 1.35 bits per heavy atom. The van der Waals surface area contributed by atoms with Gasteiger partial charge in [0, 0.05) is 18.9 Å². The van der Waals surface area contributed by atoms with E-state index in [1.165, 1.54) is 19.2 Å². The summed E-state index contributed by atoms with van der Waals surface area (Å²) >= 11 is 0. The number of halogens is 1. The van der Waals surface area contributed by atoms with E-state index in [1.54, 1.807) is 6.92 Å². The molecule has 1 heterocycles. The summed E-state index contributed by atoms with van der Waals surface area (Å²) in [5.41, 5.74) is -0.894. The van der Waals surface area contributed by atoms with Crippen LogP contribution in [0.15, 0.2) is 34.0 Å². The summed E-state index contributed by atoms with van der Waals surface area (Å²) in [7, 11) is 1.25. The number of benzene rings is 1. The van der Waals surface area contributed by atoms with E-state index < -0.39 is 23.0 Å². The predicted octanol–water partition coefficient (Wildman–Crippen LogP) is 0.773. The molecule has 0 saturated carbocycles. The van der Waals surface area contributed by atoms with Crippen LogP contribution < -0.4 is 16.6 Å². The zero-order valence-electron chi connectivity index (χ0n) is 10.9. The molecule has 2 aromatic rings. The molecule has 20 heavy (non-hydrogen) atoms. The van der Waals surface area contributed by atoms with Crippen LogP contribution in [0.3, 0.4) is 0 Å². The molecule has 0 spiro atoms. The second kappa shape index (κ2) is 5.12. The second-order valence-corrected chi connectivity index (χ2v) is 4.29. The minimum atomic E-state index is -0.723. The normalized spacial score (nSPS) is 10.3. The monoisotopic (exact) mass is 277 g/mol. The summed E-state index contributed by atoms with van der Waals surface area (Å²) in [6.45, 7) is 1.60. The van der Waals surface area contributed by atoms with Gasteiger partial charge in [-0.3, -0.25) is 14.2 Å². The molecule has 0 aliphatic carbocycles. The van der Waals surface area contributed by atoms with Crippen LogP contribution in [0.1, 0.15) is 15.9 Å². The van der Waals surface area contributed by atoms with Crippen molar-refractivity contribution in [1.29, 1.82) is 0 Å². The summed E-state index contributed by atoms with van der Waals surface area (Å²) in [6.07, 6.45) is 1.03. The number of aromatic nitrogens is 2. The lowest BCUT2D eigenvalue weighted by Gasteiger charge is -2.06. The number of rotatable bonds is 2. The van der Waals surface area contributed by atoms with E-state index in [1.807, 2.05) is 0 Å². The van der Waals surface area contributed by atoms with Gasteiger partial charge in [0.15, 0.2) is 0 Å². The number of amides is 1. The van der Waals surface area contributed by atoms with E-state index in [9.17, 15) is 18.8 Å². The van der Waals surface area contributed by atoms with Crippen molar-refractivity contribution in [3.63, 3.8) is 0 Å². The van der Waals surface area contributed by atoms with E-state index >= 15 is 0 Å². The highest BCUT2D eigenvalue weighted by Gasteiger charge is 2.13. The molecule has 1 aromatic carbocycles. The molecule has 1 amide bonds. The zero-order chi connectivity index (χ0) is 14.9. The van der Waals surface area contributed by atoms with Crippen molar-refractivity contribution < 1.29 is 9.18 Å². The fourth-order valence-electron chi connectivity index (χ4n) is 1.60. The maximum Gasteiger partial charge on any atom is 0.328 e. The first-order valence-corrected chi connectivity index (χ1v) is 5.76. The number of nitrogens with zero attached hydrogens (tertiary/aromatic N) is 1. The lowest BCUT2D eigenvalue weighted by atomic mass is 10.2. The van der Waals surface area contributed by atoms with Gasteiger partial charge in [0.1, 0.15) is 11.4 Å². The first-order chi connectivity index (χ1) is 9.40. The van der Waals surface area contributed by atoms with Crippen molar-refractivity contribution in [3.8, 4) is 0 Å². The van der Waals surface area contributed by atoms with Crippen LogP contribution in [0.5, 0.6) is 0 Å². The van der Waals surface area contributed by atoms with Gasteiger partial charge in [-0.25, -0.2) is 9.18 Å². The highest BCUT2D eigenvalue weighted by Crippen LogP contribution is 2.13. The quantitative estimate of drug-likeness (QED) is 0.850. The van der Waals surface area contributed by atoms with Crippen molar-refractivity contribution in [1.82, 2.24) is 9.55 Å². The third-order valence-corrected chi connectivity index (χ3v) is 2.85. The number of nitrogens with one attached hydrogen (secondary N) is 2. The van der Waals surface area contributed by atoms with Crippen LogP contribution in [0.2, 0.25) is 0 Å². The molecule has 2 rings (SSSR count). The fourth-order valence-corrected chi connectivity index (χ4v) is 1.60. The molecule has 104 valence electrons. The van der Waals surface area contributed by atoms with Crippen LogP contribution >= 0.6 is 0 Å². The molecule has 0 unspecified atom stereocenters. The first kappa shape index (κ1) is 13.7. The Morgan fingerprint density at radius 2 is 2.05 bits per heavy atom. The number of carbonyl (C=O) groups excluding carboxylic acids is 1. The van der Waals surface area contributed by atoms with Crippen LogP contribution in [0, 0.1) is 12.7 Å². The molecule has 0 bridgehead atoms. The van der Waals surface area contributed by atoms with Crippen molar-refractivity contribution in [3.05, 3.63) is 62.2 Å². The van der Waals surface area contributed by atoms with Gasteiger partial charge < -0.3 is 10.3 Å². The molecular formula is C13H12FN3O3. The number of hydrogen-bond acceptors (Lipinski definition) is 3. The molecule has 7 heteroatoms. The first-order valence-electron chi connectivity index (χ1n) is 5.76. The maximum atomic E-state index is 13.4. The van der Waals surface area contributed by atoms with E-state index in [0.29, 0.717) is 5.56 Å². The lowest BCUT2D eigenvalue weighted by Crippen LogP contribution is -2.37. The van der Waals surface area contributed by atoms with Gasteiger partial charge >= 0.3 is 5.69 Å². The Morgan fingerprint density at radius 3 is 2.70 bits per heavy atom. The molecule has 6 nitrogen and oxygen atoms in total. The molecule has 2 N–H and O–H groups in total. The largest absolute Gasteiger partial charge is 0.328 e. The van der Waals surface area contributed by atoms with Crippen molar-refractivity contribution in [2.24, 2.45) is 7.05 Å². The Kier molecular flexibility index (Phi) is 3.51. The Hall–Kier alpha value is -2.70. The maximum absolute atomic E-state index is 13.4. The van der Waals surface area contributed by atoms with E-state index in [4.69, 9.17) is 0 Å². The van der Waals surface area contributed by atoms with E-state index in [-0.39, 0.29) is 11.3 Å². The molecule has 1 aromatic heterocycles. The smallest absolute Gasteiger partial charge is 0.322 e. The summed E-state index contributed by atoms with van der Waals surface area (Å²) in [4.78, 5) is 37.1. The summed E-state index contributed by atoms with van der Waals surface area (Å²) in [5.74, 6) is -1.18. The zero-order valence-corrected chi connectivity index (χ0v) is 10.9. The van der Waals surface area contributed by atoms with Crippen molar-refractivity contribution >= 4 is 11.6 Å². The molecular weight excluding hydrogens is 265 g/mol. The molecule has 0 fully saturated rings. The van der Waals surface area contributed by atoms with Gasteiger partial charge in [0.05, 0.1) is 0 Å². The Bertz CT molecular complexity index is 792.